The number of hydrogen-bond donors (Lipinski definition) is 1. The molecule has 0 aliphatic heterocycles. The van der Waals surface area contributed by atoms with Crippen molar-refractivity contribution in [2.24, 2.45) is 7.05 Å². The number of fused-ring (bicyclic) bond motifs is 1. The fourth-order valence-corrected chi connectivity index (χ4v) is 2.31. The topological polar surface area (TPSA) is 77.1 Å². The summed E-state index contributed by atoms with van der Waals surface area (Å²) in [6, 6.07) is 3.28. The Bertz CT molecular complexity index is 751. The number of anilines is 2. The summed E-state index contributed by atoms with van der Waals surface area (Å²) >= 11 is 1.30. The van der Waals surface area contributed by atoms with Crippen LogP contribution in [0.4, 0.5) is 10.9 Å². The van der Waals surface area contributed by atoms with Crippen LogP contribution in [0.5, 0.6) is 0 Å². The molecule has 3 rings (SSSR count). The van der Waals surface area contributed by atoms with Gasteiger partial charge in [-0.1, -0.05) is 11.3 Å². The predicted molar refractivity (Wildman–Crippen MR) is 68.4 cm³/mol. The molecule has 3 heterocycles. The van der Waals surface area contributed by atoms with Crippen LogP contribution in [0.3, 0.4) is 0 Å². The van der Waals surface area contributed by atoms with Gasteiger partial charge in [0.1, 0.15) is 0 Å². The zero-order chi connectivity index (χ0) is 12.7. The first-order chi connectivity index (χ1) is 8.63. The van der Waals surface area contributed by atoms with E-state index in [1.165, 1.54) is 28.1 Å². The fraction of sp³-hybridized carbons (Fsp3) is 0.200. The molecule has 0 bridgehead atoms. The minimum atomic E-state index is -0.193. The van der Waals surface area contributed by atoms with Crippen LogP contribution in [0.1, 0.15) is 5.69 Å². The van der Waals surface area contributed by atoms with E-state index in [0.29, 0.717) is 15.9 Å². The van der Waals surface area contributed by atoms with Crippen LogP contribution in [-0.4, -0.2) is 24.4 Å². The van der Waals surface area contributed by atoms with Gasteiger partial charge in [-0.3, -0.25) is 9.48 Å². The Hall–Kier alpha value is -2.22. The fourth-order valence-electron chi connectivity index (χ4n) is 1.53. The van der Waals surface area contributed by atoms with Crippen LogP contribution >= 0.6 is 11.3 Å². The second kappa shape index (κ2) is 3.91. The van der Waals surface area contributed by atoms with Crippen molar-refractivity contribution < 1.29 is 0 Å². The molecule has 0 saturated heterocycles. The summed E-state index contributed by atoms with van der Waals surface area (Å²) in [4.78, 5) is 16.2. The predicted octanol–water partition coefficient (Wildman–Crippen LogP) is 0.937. The van der Waals surface area contributed by atoms with Crippen LogP contribution in [-0.2, 0) is 7.05 Å². The van der Waals surface area contributed by atoms with Crippen molar-refractivity contribution in [3.63, 3.8) is 0 Å². The number of aryl methyl sites for hydroxylation is 2. The highest BCUT2D eigenvalue weighted by atomic mass is 32.1. The lowest BCUT2D eigenvalue weighted by molar-refractivity contribution is 0.743. The first-order valence-corrected chi connectivity index (χ1v) is 6.08. The Morgan fingerprint density at radius 1 is 1.39 bits per heavy atom. The summed E-state index contributed by atoms with van der Waals surface area (Å²) < 4.78 is 3.03. The molecular formula is C10H10N6OS. The lowest BCUT2D eigenvalue weighted by Crippen LogP contribution is -2.12. The Labute approximate surface area is 106 Å². The lowest BCUT2D eigenvalue weighted by Gasteiger charge is -1.94. The van der Waals surface area contributed by atoms with E-state index >= 15 is 0 Å². The molecule has 0 aliphatic rings. The smallest absolute Gasteiger partial charge is 0.275 e. The summed E-state index contributed by atoms with van der Waals surface area (Å²) in [6.45, 7) is 1.96. The molecule has 3 aromatic heterocycles. The van der Waals surface area contributed by atoms with Gasteiger partial charge < -0.3 is 5.32 Å². The normalized spacial score (nSPS) is 11.0. The van der Waals surface area contributed by atoms with Crippen LogP contribution in [0, 0.1) is 6.92 Å². The molecule has 0 radical (unpaired) electrons. The highest BCUT2D eigenvalue weighted by Crippen LogP contribution is 2.20. The Balaban J connectivity index is 2.00. The van der Waals surface area contributed by atoms with Gasteiger partial charge in [-0.2, -0.15) is 9.61 Å². The molecule has 0 aromatic carbocycles. The number of rotatable bonds is 2. The van der Waals surface area contributed by atoms with Gasteiger partial charge in [0.05, 0.1) is 0 Å². The lowest BCUT2D eigenvalue weighted by atomic mass is 10.5. The maximum atomic E-state index is 11.5. The third-order valence-electron chi connectivity index (χ3n) is 2.52. The van der Waals surface area contributed by atoms with Gasteiger partial charge in [0.25, 0.3) is 5.56 Å². The average Bonchev–Trinajstić information content (AvgIpc) is 2.85. The number of nitrogens with zero attached hydrogens (tertiary/aromatic N) is 5. The van der Waals surface area contributed by atoms with Gasteiger partial charge in [0, 0.05) is 31.1 Å². The largest absolute Gasteiger partial charge is 0.313 e. The average molecular weight is 262 g/mol. The van der Waals surface area contributed by atoms with Crippen molar-refractivity contribution in [3.8, 4) is 0 Å². The molecule has 1 N–H and O–H groups in total. The molecule has 0 aliphatic carbocycles. The number of hydrogen-bond acceptors (Lipinski definition) is 6. The summed E-state index contributed by atoms with van der Waals surface area (Å²) in [6.07, 6.45) is 1.48. The first-order valence-electron chi connectivity index (χ1n) is 5.26. The van der Waals surface area contributed by atoms with Gasteiger partial charge in [0.2, 0.25) is 10.1 Å². The Morgan fingerprint density at radius 3 is 2.89 bits per heavy atom. The van der Waals surface area contributed by atoms with Crippen LogP contribution < -0.4 is 10.9 Å². The second-order valence-corrected chi connectivity index (χ2v) is 4.76. The highest BCUT2D eigenvalue weighted by Gasteiger charge is 2.08. The van der Waals surface area contributed by atoms with E-state index in [0.717, 1.165) is 5.69 Å². The molecule has 3 aromatic rings. The maximum Gasteiger partial charge on any atom is 0.275 e. The van der Waals surface area contributed by atoms with Crippen molar-refractivity contribution in [3.05, 3.63) is 34.4 Å². The molecule has 7 nitrogen and oxygen atoms in total. The van der Waals surface area contributed by atoms with Crippen LogP contribution in [0.15, 0.2) is 23.1 Å². The van der Waals surface area contributed by atoms with Crippen LogP contribution in [0.25, 0.3) is 4.96 Å². The highest BCUT2D eigenvalue weighted by molar-refractivity contribution is 7.20. The minimum Gasteiger partial charge on any atom is -0.313 e. The van der Waals surface area contributed by atoms with E-state index in [1.807, 2.05) is 20.0 Å². The molecule has 0 amide bonds. The van der Waals surface area contributed by atoms with E-state index in [9.17, 15) is 4.79 Å². The number of nitrogens with one attached hydrogen (secondary N) is 1. The molecule has 0 unspecified atom stereocenters. The van der Waals surface area contributed by atoms with Crippen molar-refractivity contribution in [2.75, 3.05) is 5.32 Å². The van der Waals surface area contributed by atoms with Crippen molar-refractivity contribution >= 4 is 27.2 Å². The minimum absolute atomic E-state index is 0.193. The van der Waals surface area contributed by atoms with E-state index in [1.54, 1.807) is 4.68 Å². The zero-order valence-corrected chi connectivity index (χ0v) is 10.6. The molecule has 0 fully saturated rings. The first kappa shape index (κ1) is 10.9. The van der Waals surface area contributed by atoms with Gasteiger partial charge in [-0.15, -0.1) is 5.10 Å². The maximum absolute atomic E-state index is 11.5. The van der Waals surface area contributed by atoms with Crippen molar-refractivity contribution in [1.82, 2.24) is 24.4 Å². The van der Waals surface area contributed by atoms with E-state index in [4.69, 9.17) is 0 Å². The van der Waals surface area contributed by atoms with Gasteiger partial charge in [-0.25, -0.2) is 4.98 Å². The van der Waals surface area contributed by atoms with Gasteiger partial charge in [0.15, 0.2) is 5.82 Å². The Kier molecular flexibility index (Phi) is 2.37. The monoisotopic (exact) mass is 262 g/mol. The molecule has 0 spiro atoms. The second-order valence-electron chi connectivity index (χ2n) is 3.80. The third-order valence-corrected chi connectivity index (χ3v) is 3.36. The summed E-state index contributed by atoms with van der Waals surface area (Å²) in [5, 5.41) is 12.1. The van der Waals surface area contributed by atoms with Crippen LogP contribution in [0.2, 0.25) is 0 Å². The quantitative estimate of drug-likeness (QED) is 0.743. The molecule has 0 atom stereocenters. The summed E-state index contributed by atoms with van der Waals surface area (Å²) in [7, 11) is 1.87. The third kappa shape index (κ3) is 1.76. The van der Waals surface area contributed by atoms with Crippen molar-refractivity contribution in [2.45, 2.75) is 6.92 Å². The molecule has 8 heteroatoms. The SMILES string of the molecule is Cc1cc(Nc2nn3c(=O)ccnc3s2)nn1C. The summed E-state index contributed by atoms with van der Waals surface area (Å²) in [5.74, 6) is 0.696. The van der Waals surface area contributed by atoms with E-state index in [2.05, 4.69) is 20.5 Å². The molecule has 18 heavy (non-hydrogen) atoms. The van der Waals surface area contributed by atoms with E-state index in [-0.39, 0.29) is 5.56 Å². The van der Waals surface area contributed by atoms with Gasteiger partial charge >= 0.3 is 0 Å². The van der Waals surface area contributed by atoms with Crippen molar-refractivity contribution in [1.29, 1.82) is 0 Å². The molecule has 92 valence electrons. The molecular weight excluding hydrogens is 252 g/mol. The molecule has 0 saturated carbocycles. The zero-order valence-electron chi connectivity index (χ0n) is 9.78. The summed E-state index contributed by atoms with van der Waals surface area (Å²) in [5.41, 5.74) is 0.843. The van der Waals surface area contributed by atoms with E-state index < -0.39 is 0 Å². The Morgan fingerprint density at radius 2 is 2.22 bits per heavy atom. The number of aromatic nitrogens is 5. The standard InChI is InChI=1S/C10H10N6OS/c1-6-5-7(13-15(6)2)12-9-14-16-8(17)3-4-11-10(16)18-9/h3-5H,1-2H3,(H,12,13,14). The van der Waals surface area contributed by atoms with Gasteiger partial charge in [-0.05, 0) is 6.92 Å².